The SMILES string of the molecule is CCOC(=O)c1c(C)[nH]c(C(=O)C(=O)NCCOCCO)c1-c1ccc(C)cc1. The summed E-state index contributed by atoms with van der Waals surface area (Å²) in [5.74, 6) is -2.17. The number of carbonyl (C=O) groups excluding carboxylic acids is 3. The second-order valence-corrected chi connectivity index (χ2v) is 6.38. The number of nitrogens with one attached hydrogen (secondary N) is 2. The normalized spacial score (nSPS) is 10.6. The zero-order valence-electron chi connectivity index (χ0n) is 16.8. The highest BCUT2D eigenvalue weighted by molar-refractivity contribution is 6.43. The van der Waals surface area contributed by atoms with Crippen molar-refractivity contribution in [3.05, 3.63) is 46.8 Å². The molecule has 0 unspecified atom stereocenters. The van der Waals surface area contributed by atoms with Crippen molar-refractivity contribution in [2.75, 3.05) is 33.0 Å². The lowest BCUT2D eigenvalue weighted by atomic mass is 9.97. The smallest absolute Gasteiger partial charge is 0.340 e. The van der Waals surface area contributed by atoms with Gasteiger partial charge in [0.15, 0.2) is 0 Å². The maximum atomic E-state index is 12.8. The first-order chi connectivity index (χ1) is 13.9. The summed E-state index contributed by atoms with van der Waals surface area (Å²) in [6, 6.07) is 7.30. The van der Waals surface area contributed by atoms with Crippen LogP contribution >= 0.6 is 0 Å². The molecule has 1 aromatic heterocycles. The second-order valence-electron chi connectivity index (χ2n) is 6.38. The first-order valence-electron chi connectivity index (χ1n) is 9.38. The van der Waals surface area contributed by atoms with Gasteiger partial charge in [-0.05, 0) is 26.3 Å². The van der Waals surface area contributed by atoms with E-state index in [1.165, 1.54) is 0 Å². The minimum atomic E-state index is -0.817. The molecule has 0 radical (unpaired) electrons. The minimum Gasteiger partial charge on any atom is -0.462 e. The molecule has 29 heavy (non-hydrogen) atoms. The number of aryl methyl sites for hydroxylation is 2. The van der Waals surface area contributed by atoms with Gasteiger partial charge in [0.1, 0.15) is 5.69 Å². The highest BCUT2D eigenvalue weighted by atomic mass is 16.5. The van der Waals surface area contributed by atoms with E-state index in [0.717, 1.165) is 5.56 Å². The molecule has 1 amide bonds. The summed E-state index contributed by atoms with van der Waals surface area (Å²) in [5.41, 5.74) is 2.71. The summed E-state index contributed by atoms with van der Waals surface area (Å²) in [5, 5.41) is 11.1. The van der Waals surface area contributed by atoms with E-state index < -0.39 is 17.7 Å². The third-order valence-electron chi connectivity index (χ3n) is 4.21. The molecule has 1 heterocycles. The second kappa shape index (κ2) is 10.5. The van der Waals surface area contributed by atoms with Crippen LogP contribution in [0.1, 0.15) is 39.0 Å². The topological polar surface area (TPSA) is 118 Å². The van der Waals surface area contributed by atoms with Crippen molar-refractivity contribution in [1.82, 2.24) is 10.3 Å². The molecule has 0 spiro atoms. The molecule has 0 saturated carbocycles. The van der Waals surface area contributed by atoms with Crippen LogP contribution in [-0.4, -0.2) is 60.7 Å². The summed E-state index contributed by atoms with van der Waals surface area (Å²) in [6.45, 7) is 5.79. The number of ether oxygens (including phenoxy) is 2. The molecule has 2 aromatic rings. The summed E-state index contributed by atoms with van der Waals surface area (Å²) in [6.07, 6.45) is 0. The standard InChI is InChI=1S/C21H26N2O6/c1-4-29-21(27)16-14(3)23-18(17(16)15-7-5-13(2)6-8-15)19(25)20(26)22-9-11-28-12-10-24/h5-8,23-24H,4,9-12H2,1-3H3,(H,22,26). The molecule has 8 heteroatoms. The molecule has 0 fully saturated rings. The summed E-state index contributed by atoms with van der Waals surface area (Å²) >= 11 is 0. The average molecular weight is 402 g/mol. The molecule has 0 aliphatic carbocycles. The fourth-order valence-corrected chi connectivity index (χ4v) is 2.86. The van der Waals surface area contributed by atoms with E-state index in [1.807, 2.05) is 19.1 Å². The number of aliphatic hydroxyl groups is 1. The zero-order chi connectivity index (χ0) is 21.4. The number of aromatic nitrogens is 1. The van der Waals surface area contributed by atoms with Crippen LogP contribution < -0.4 is 5.32 Å². The van der Waals surface area contributed by atoms with E-state index in [0.29, 0.717) is 16.8 Å². The number of ketones is 1. The Balaban J connectivity index is 2.36. The Kier molecular flexibility index (Phi) is 8.11. The van der Waals surface area contributed by atoms with Gasteiger partial charge in [0, 0.05) is 17.8 Å². The number of hydrogen-bond donors (Lipinski definition) is 3. The third-order valence-corrected chi connectivity index (χ3v) is 4.21. The predicted molar refractivity (Wildman–Crippen MR) is 107 cm³/mol. The first kappa shape index (κ1) is 22.3. The van der Waals surface area contributed by atoms with Gasteiger partial charge >= 0.3 is 5.97 Å². The van der Waals surface area contributed by atoms with Crippen molar-refractivity contribution < 1.29 is 29.0 Å². The van der Waals surface area contributed by atoms with E-state index >= 15 is 0 Å². The Morgan fingerprint density at radius 1 is 1.10 bits per heavy atom. The number of benzene rings is 1. The monoisotopic (exact) mass is 402 g/mol. The van der Waals surface area contributed by atoms with Crippen LogP contribution in [0.3, 0.4) is 0 Å². The van der Waals surface area contributed by atoms with Crippen molar-refractivity contribution in [1.29, 1.82) is 0 Å². The van der Waals surface area contributed by atoms with Crippen molar-refractivity contribution in [3.63, 3.8) is 0 Å². The van der Waals surface area contributed by atoms with E-state index in [9.17, 15) is 14.4 Å². The number of carbonyl (C=O) groups is 3. The molecule has 8 nitrogen and oxygen atoms in total. The van der Waals surface area contributed by atoms with Crippen molar-refractivity contribution in [3.8, 4) is 11.1 Å². The zero-order valence-corrected chi connectivity index (χ0v) is 16.8. The van der Waals surface area contributed by atoms with Crippen LogP contribution in [0.4, 0.5) is 0 Å². The van der Waals surface area contributed by atoms with Crippen LogP contribution in [0.15, 0.2) is 24.3 Å². The number of aromatic amines is 1. The first-order valence-corrected chi connectivity index (χ1v) is 9.38. The molecule has 0 bridgehead atoms. The van der Waals surface area contributed by atoms with Gasteiger partial charge in [-0.2, -0.15) is 0 Å². The van der Waals surface area contributed by atoms with Crippen LogP contribution in [0.25, 0.3) is 11.1 Å². The predicted octanol–water partition coefficient (Wildman–Crippen LogP) is 1.78. The van der Waals surface area contributed by atoms with Gasteiger partial charge in [-0.25, -0.2) is 4.79 Å². The van der Waals surface area contributed by atoms with Gasteiger partial charge < -0.3 is 24.9 Å². The number of Topliss-reactive ketones (excluding diaryl/α,β-unsaturated/α-hetero) is 1. The highest BCUT2D eigenvalue weighted by Crippen LogP contribution is 2.31. The lowest BCUT2D eigenvalue weighted by molar-refractivity contribution is -0.117. The van der Waals surface area contributed by atoms with Crippen LogP contribution in [0.2, 0.25) is 0 Å². The number of rotatable bonds is 10. The van der Waals surface area contributed by atoms with E-state index in [-0.39, 0.29) is 44.2 Å². The molecular weight excluding hydrogens is 376 g/mol. The molecule has 156 valence electrons. The molecular formula is C21H26N2O6. The Morgan fingerprint density at radius 3 is 2.41 bits per heavy atom. The fraction of sp³-hybridized carbons (Fsp3) is 0.381. The molecule has 1 aromatic carbocycles. The number of aliphatic hydroxyl groups excluding tert-OH is 1. The Morgan fingerprint density at radius 2 is 1.79 bits per heavy atom. The Labute approximate surface area is 169 Å². The van der Waals surface area contributed by atoms with E-state index in [4.69, 9.17) is 14.6 Å². The van der Waals surface area contributed by atoms with Crippen molar-refractivity contribution >= 4 is 17.7 Å². The lowest BCUT2D eigenvalue weighted by Gasteiger charge is -2.09. The fourth-order valence-electron chi connectivity index (χ4n) is 2.86. The number of amides is 1. The molecule has 0 aliphatic heterocycles. The molecule has 2 rings (SSSR count). The summed E-state index contributed by atoms with van der Waals surface area (Å²) in [7, 11) is 0. The highest BCUT2D eigenvalue weighted by Gasteiger charge is 2.29. The maximum Gasteiger partial charge on any atom is 0.340 e. The van der Waals surface area contributed by atoms with Crippen molar-refractivity contribution in [2.45, 2.75) is 20.8 Å². The average Bonchev–Trinajstić information content (AvgIpc) is 3.05. The Bertz CT molecular complexity index is 870. The van der Waals surface area contributed by atoms with Crippen molar-refractivity contribution in [2.24, 2.45) is 0 Å². The summed E-state index contributed by atoms with van der Waals surface area (Å²) in [4.78, 5) is 40.5. The molecule has 0 saturated heterocycles. The molecule has 0 atom stereocenters. The van der Waals surface area contributed by atoms with Crippen LogP contribution in [0, 0.1) is 13.8 Å². The minimum absolute atomic E-state index is 0.0307. The van der Waals surface area contributed by atoms with Gasteiger partial charge in [-0.3, -0.25) is 9.59 Å². The summed E-state index contributed by atoms with van der Waals surface area (Å²) < 4.78 is 10.2. The molecule has 0 aliphatic rings. The van der Waals surface area contributed by atoms with E-state index in [2.05, 4.69) is 10.3 Å². The van der Waals surface area contributed by atoms with Gasteiger partial charge in [0.25, 0.3) is 11.7 Å². The van der Waals surface area contributed by atoms with Crippen LogP contribution in [-0.2, 0) is 14.3 Å². The number of H-pyrrole nitrogens is 1. The third kappa shape index (κ3) is 5.52. The largest absolute Gasteiger partial charge is 0.462 e. The number of esters is 1. The lowest BCUT2D eigenvalue weighted by Crippen LogP contribution is -2.34. The van der Waals surface area contributed by atoms with Gasteiger partial charge in [0.05, 0.1) is 32.0 Å². The van der Waals surface area contributed by atoms with E-state index in [1.54, 1.807) is 26.0 Å². The van der Waals surface area contributed by atoms with Gasteiger partial charge in [-0.1, -0.05) is 29.8 Å². The number of hydrogen-bond acceptors (Lipinski definition) is 6. The quantitative estimate of drug-likeness (QED) is 0.241. The van der Waals surface area contributed by atoms with Gasteiger partial charge in [-0.15, -0.1) is 0 Å². The van der Waals surface area contributed by atoms with Crippen LogP contribution in [0.5, 0.6) is 0 Å². The Hall–Kier alpha value is -2.97. The maximum absolute atomic E-state index is 12.8. The molecule has 3 N–H and O–H groups in total. The van der Waals surface area contributed by atoms with Gasteiger partial charge in [0.2, 0.25) is 0 Å².